The fraction of sp³-hybridized carbons (Fsp3) is 0.231. The van der Waals surface area contributed by atoms with Crippen LogP contribution in [-0.4, -0.2) is 17.0 Å². The average molecular weight is 245 g/mol. The van der Waals surface area contributed by atoms with Crippen LogP contribution in [0.5, 0.6) is 0 Å². The van der Waals surface area contributed by atoms with Gasteiger partial charge in [-0.25, -0.2) is 4.98 Å². The van der Waals surface area contributed by atoms with Gasteiger partial charge in [0.15, 0.2) is 0 Å². The van der Waals surface area contributed by atoms with Crippen molar-refractivity contribution in [3.8, 4) is 0 Å². The summed E-state index contributed by atoms with van der Waals surface area (Å²) in [7, 11) is 1.96. The van der Waals surface area contributed by atoms with E-state index in [1.807, 2.05) is 7.05 Å². The highest BCUT2D eigenvalue weighted by atomic mass is 32.2. The molecule has 1 N–H and O–H groups in total. The van der Waals surface area contributed by atoms with Gasteiger partial charge in [-0.3, -0.25) is 4.98 Å². The fourth-order valence-corrected chi connectivity index (χ4v) is 2.40. The van der Waals surface area contributed by atoms with E-state index in [1.54, 1.807) is 30.4 Å². The minimum atomic E-state index is 0.900. The molecule has 0 saturated carbocycles. The Kier molecular flexibility index (Phi) is 4.12. The highest BCUT2D eigenvalue weighted by Crippen LogP contribution is 2.28. The number of rotatable bonds is 4. The Morgan fingerprint density at radius 1 is 1.29 bits per heavy atom. The van der Waals surface area contributed by atoms with E-state index in [0.29, 0.717) is 0 Å². The van der Waals surface area contributed by atoms with Crippen LogP contribution in [0.2, 0.25) is 0 Å². The molecule has 0 fully saturated rings. The van der Waals surface area contributed by atoms with Crippen LogP contribution < -0.4 is 5.32 Å². The maximum absolute atomic E-state index is 4.26. The topological polar surface area (TPSA) is 37.8 Å². The molecule has 4 heteroatoms. The molecule has 0 aliphatic rings. The standard InChI is InChI=1S/C13H15N3S/c1-10-7-11(8-14-2)3-4-12(10)17-13-9-15-5-6-16-13/h3-7,9,14H,8H2,1-2H3. The number of nitrogens with zero attached hydrogens (tertiary/aromatic N) is 2. The molecule has 1 heterocycles. The van der Waals surface area contributed by atoms with E-state index in [9.17, 15) is 0 Å². The summed E-state index contributed by atoms with van der Waals surface area (Å²) >= 11 is 1.65. The van der Waals surface area contributed by atoms with Gasteiger partial charge in [0.05, 0.1) is 6.20 Å². The zero-order valence-electron chi connectivity index (χ0n) is 9.97. The Bertz CT molecular complexity index is 485. The second-order valence-electron chi connectivity index (χ2n) is 3.78. The van der Waals surface area contributed by atoms with Gasteiger partial charge in [0.1, 0.15) is 5.03 Å². The van der Waals surface area contributed by atoms with Gasteiger partial charge in [0.25, 0.3) is 0 Å². The summed E-state index contributed by atoms with van der Waals surface area (Å²) in [6, 6.07) is 6.48. The average Bonchev–Trinajstić information content (AvgIpc) is 2.34. The Labute approximate surface area is 106 Å². The first-order valence-electron chi connectivity index (χ1n) is 5.47. The summed E-state index contributed by atoms with van der Waals surface area (Å²) in [5.41, 5.74) is 2.57. The van der Waals surface area contributed by atoms with Crippen LogP contribution >= 0.6 is 11.8 Å². The van der Waals surface area contributed by atoms with Crippen molar-refractivity contribution in [2.45, 2.75) is 23.4 Å². The number of hydrogen-bond donors (Lipinski definition) is 1. The smallest absolute Gasteiger partial charge is 0.119 e. The van der Waals surface area contributed by atoms with E-state index in [4.69, 9.17) is 0 Å². The van der Waals surface area contributed by atoms with Crippen molar-refractivity contribution < 1.29 is 0 Å². The van der Waals surface area contributed by atoms with Crippen molar-refractivity contribution in [3.63, 3.8) is 0 Å². The van der Waals surface area contributed by atoms with Crippen molar-refractivity contribution >= 4 is 11.8 Å². The van der Waals surface area contributed by atoms with Gasteiger partial charge in [0, 0.05) is 23.8 Å². The van der Waals surface area contributed by atoms with Gasteiger partial charge in [-0.05, 0) is 31.2 Å². The molecule has 1 aromatic carbocycles. The highest BCUT2D eigenvalue weighted by molar-refractivity contribution is 7.99. The third-order valence-electron chi connectivity index (χ3n) is 2.37. The van der Waals surface area contributed by atoms with E-state index < -0.39 is 0 Å². The van der Waals surface area contributed by atoms with Crippen LogP contribution in [0.3, 0.4) is 0 Å². The van der Waals surface area contributed by atoms with Gasteiger partial charge in [0.2, 0.25) is 0 Å². The Balaban J connectivity index is 2.17. The summed E-state index contributed by atoms with van der Waals surface area (Å²) in [6.45, 7) is 3.02. The summed E-state index contributed by atoms with van der Waals surface area (Å²) < 4.78 is 0. The number of aromatic nitrogens is 2. The summed E-state index contributed by atoms with van der Waals surface area (Å²) in [5, 5.41) is 4.08. The maximum Gasteiger partial charge on any atom is 0.119 e. The first-order chi connectivity index (χ1) is 8.29. The third-order valence-corrected chi connectivity index (χ3v) is 3.47. The predicted molar refractivity (Wildman–Crippen MR) is 70.1 cm³/mol. The fourth-order valence-electron chi connectivity index (χ4n) is 1.59. The molecule has 1 aromatic heterocycles. The molecular weight excluding hydrogens is 230 g/mol. The summed E-state index contributed by atoms with van der Waals surface area (Å²) in [4.78, 5) is 9.55. The largest absolute Gasteiger partial charge is 0.316 e. The molecule has 0 bridgehead atoms. The summed E-state index contributed by atoms with van der Waals surface area (Å²) in [6.07, 6.45) is 5.19. The molecule has 0 aliphatic heterocycles. The second-order valence-corrected chi connectivity index (χ2v) is 4.84. The lowest BCUT2D eigenvalue weighted by atomic mass is 10.1. The van der Waals surface area contributed by atoms with E-state index in [0.717, 1.165) is 11.6 Å². The molecular formula is C13H15N3S. The molecule has 0 atom stereocenters. The molecule has 17 heavy (non-hydrogen) atoms. The lowest BCUT2D eigenvalue weighted by Gasteiger charge is -2.07. The molecule has 3 nitrogen and oxygen atoms in total. The van der Waals surface area contributed by atoms with Crippen LogP contribution in [0, 0.1) is 6.92 Å². The minimum Gasteiger partial charge on any atom is -0.316 e. The molecule has 2 rings (SSSR count). The Hall–Kier alpha value is -1.39. The third kappa shape index (κ3) is 3.28. The number of aryl methyl sites for hydroxylation is 1. The molecule has 0 saturated heterocycles. The first kappa shape index (κ1) is 12.1. The van der Waals surface area contributed by atoms with Crippen molar-refractivity contribution in [2.75, 3.05) is 7.05 Å². The second kappa shape index (κ2) is 5.80. The van der Waals surface area contributed by atoms with Crippen LogP contribution in [-0.2, 0) is 6.54 Å². The quantitative estimate of drug-likeness (QED) is 0.898. The molecule has 2 aromatic rings. The van der Waals surface area contributed by atoms with E-state index in [2.05, 4.69) is 40.4 Å². The maximum atomic E-state index is 4.26. The molecule has 0 aliphatic carbocycles. The molecule has 0 unspecified atom stereocenters. The Morgan fingerprint density at radius 2 is 2.18 bits per heavy atom. The van der Waals surface area contributed by atoms with Crippen molar-refractivity contribution in [3.05, 3.63) is 47.9 Å². The minimum absolute atomic E-state index is 0.900. The van der Waals surface area contributed by atoms with E-state index in [1.165, 1.54) is 16.0 Å². The zero-order chi connectivity index (χ0) is 12.1. The predicted octanol–water partition coefficient (Wildman–Crippen LogP) is 2.66. The molecule has 0 spiro atoms. The molecule has 0 amide bonds. The highest BCUT2D eigenvalue weighted by Gasteiger charge is 2.03. The van der Waals surface area contributed by atoms with Gasteiger partial charge >= 0.3 is 0 Å². The lowest BCUT2D eigenvalue weighted by Crippen LogP contribution is -2.05. The monoisotopic (exact) mass is 245 g/mol. The lowest BCUT2D eigenvalue weighted by molar-refractivity contribution is 0.815. The summed E-state index contributed by atoms with van der Waals surface area (Å²) in [5.74, 6) is 0. The Morgan fingerprint density at radius 3 is 2.82 bits per heavy atom. The van der Waals surface area contributed by atoms with Crippen molar-refractivity contribution in [1.82, 2.24) is 15.3 Å². The molecule has 88 valence electrons. The SMILES string of the molecule is CNCc1ccc(Sc2cnccn2)c(C)c1. The van der Waals surface area contributed by atoms with Crippen molar-refractivity contribution in [1.29, 1.82) is 0 Å². The van der Waals surface area contributed by atoms with Crippen LogP contribution in [0.25, 0.3) is 0 Å². The number of hydrogen-bond acceptors (Lipinski definition) is 4. The first-order valence-corrected chi connectivity index (χ1v) is 6.29. The van der Waals surface area contributed by atoms with E-state index >= 15 is 0 Å². The van der Waals surface area contributed by atoms with Gasteiger partial charge < -0.3 is 5.32 Å². The normalized spacial score (nSPS) is 10.5. The van der Waals surface area contributed by atoms with Gasteiger partial charge in [-0.2, -0.15) is 0 Å². The molecule has 0 radical (unpaired) electrons. The number of nitrogens with one attached hydrogen (secondary N) is 1. The van der Waals surface area contributed by atoms with Crippen LogP contribution in [0.1, 0.15) is 11.1 Å². The van der Waals surface area contributed by atoms with Gasteiger partial charge in [-0.15, -0.1) is 0 Å². The number of benzene rings is 1. The van der Waals surface area contributed by atoms with Crippen molar-refractivity contribution in [2.24, 2.45) is 0 Å². The van der Waals surface area contributed by atoms with E-state index in [-0.39, 0.29) is 0 Å². The zero-order valence-corrected chi connectivity index (χ0v) is 10.8. The van der Waals surface area contributed by atoms with Crippen LogP contribution in [0.15, 0.2) is 46.7 Å². The van der Waals surface area contributed by atoms with Gasteiger partial charge in [-0.1, -0.05) is 23.9 Å². The van der Waals surface area contributed by atoms with Crippen LogP contribution in [0.4, 0.5) is 0 Å².